The van der Waals surface area contributed by atoms with Crippen LogP contribution in [0.2, 0.25) is 0 Å². The van der Waals surface area contributed by atoms with Gasteiger partial charge in [0.25, 0.3) is 0 Å². The summed E-state index contributed by atoms with van der Waals surface area (Å²) in [6.45, 7) is 5.15. The molecule has 0 unspecified atom stereocenters. The van der Waals surface area contributed by atoms with Gasteiger partial charge in [0, 0.05) is 71.7 Å². The molecule has 0 aliphatic carbocycles. The van der Waals surface area contributed by atoms with Gasteiger partial charge < -0.3 is 9.40 Å². The fourth-order valence-electron chi connectivity index (χ4n) is 6.72. The van der Waals surface area contributed by atoms with Crippen molar-refractivity contribution in [2.24, 2.45) is 5.41 Å². The van der Waals surface area contributed by atoms with Crippen molar-refractivity contribution < 1.29 is 35.5 Å². The number of rotatable bonds is 5. The van der Waals surface area contributed by atoms with E-state index in [0.717, 1.165) is 60.8 Å². The molecule has 5 heteroatoms. The van der Waals surface area contributed by atoms with Crippen molar-refractivity contribution in [3.63, 3.8) is 0 Å². The second kappa shape index (κ2) is 16.1. The van der Waals surface area contributed by atoms with E-state index in [1.54, 1.807) is 30.6 Å². The van der Waals surface area contributed by atoms with E-state index in [2.05, 4.69) is 47.2 Å². The molecule has 1 radical (unpaired) electrons. The van der Waals surface area contributed by atoms with Crippen LogP contribution in [0.25, 0.3) is 77.6 Å². The monoisotopic (exact) mass is 914 g/mol. The fraction of sp³-hybridized carbons (Fsp3) is 0.137. The van der Waals surface area contributed by atoms with Gasteiger partial charge in [0.05, 0.1) is 11.3 Å². The van der Waals surface area contributed by atoms with Crippen molar-refractivity contribution in [2.45, 2.75) is 40.8 Å². The van der Waals surface area contributed by atoms with E-state index in [1.807, 2.05) is 99.6 Å². The maximum atomic E-state index is 8.47. The zero-order valence-corrected chi connectivity index (χ0v) is 33.5. The third-order valence-corrected chi connectivity index (χ3v) is 9.29. The summed E-state index contributed by atoms with van der Waals surface area (Å²) in [4.78, 5) is 13.5. The van der Waals surface area contributed by atoms with Crippen LogP contribution in [0.3, 0.4) is 0 Å². The van der Waals surface area contributed by atoms with Gasteiger partial charge in [-0.25, -0.2) is 0 Å². The Labute approximate surface area is 354 Å². The molecule has 56 heavy (non-hydrogen) atoms. The molecule has 279 valence electrons. The van der Waals surface area contributed by atoms with Crippen LogP contribution >= 0.6 is 0 Å². The first kappa shape index (κ1) is 29.4. The number of hydrogen-bond acceptors (Lipinski definition) is 4. The van der Waals surface area contributed by atoms with Gasteiger partial charge in [-0.15, -0.1) is 29.8 Å². The minimum absolute atomic E-state index is 0. The summed E-state index contributed by atoms with van der Waals surface area (Å²) in [6.07, 6.45) is 3.26. The molecule has 9 rings (SSSR count). The topological polar surface area (TPSA) is 51.8 Å². The Morgan fingerprint density at radius 3 is 2.12 bits per heavy atom. The molecule has 5 aromatic carbocycles. The number of aromatic nitrogens is 3. The first-order valence-electron chi connectivity index (χ1n) is 22.0. The van der Waals surface area contributed by atoms with Gasteiger partial charge in [-0.1, -0.05) is 135 Å². The molecule has 0 N–H and O–H groups in total. The zero-order chi connectivity index (χ0) is 44.9. The van der Waals surface area contributed by atoms with Gasteiger partial charge in [-0.2, -0.15) is 18.6 Å². The summed E-state index contributed by atoms with van der Waals surface area (Å²) in [5.74, 6) is 0. The van der Waals surface area contributed by atoms with Crippen LogP contribution in [0.1, 0.15) is 54.0 Å². The predicted molar refractivity (Wildman–Crippen MR) is 229 cm³/mol. The Bertz CT molecular complexity index is 3090. The minimum Gasteiger partial charge on any atom is -0.500 e. The Balaban J connectivity index is 0.000000197. The molecule has 0 saturated heterocycles. The number of hydrogen-bond donors (Lipinski definition) is 0. The van der Waals surface area contributed by atoms with Gasteiger partial charge in [-0.05, 0) is 64.1 Å². The van der Waals surface area contributed by atoms with Crippen molar-refractivity contribution in [3.8, 4) is 44.9 Å². The maximum Gasteiger partial charge on any atom is 0.128 e. The number of aryl methyl sites for hydroxylation is 2. The fourth-order valence-corrected chi connectivity index (χ4v) is 6.72. The predicted octanol–water partition coefficient (Wildman–Crippen LogP) is 13.5. The van der Waals surface area contributed by atoms with Crippen molar-refractivity contribution in [2.75, 3.05) is 0 Å². The summed E-state index contributed by atoms with van der Waals surface area (Å²) in [6, 6.07) is 43.1. The number of furan rings is 1. The largest absolute Gasteiger partial charge is 0.500 e. The molecule has 0 spiro atoms. The second-order valence-electron chi connectivity index (χ2n) is 14.5. The van der Waals surface area contributed by atoms with E-state index in [9.17, 15) is 0 Å². The molecule has 4 nitrogen and oxygen atoms in total. The van der Waals surface area contributed by atoms with Gasteiger partial charge in [0.2, 0.25) is 0 Å². The SMILES string of the molecule is [2H]C([2H])([2H])c1ccc(-c2cc(-c3ccccc3)c(C([2H])([2H])[2H])cc2[CH2-])nc1.[2H]C([2H])(c1ccc(-c2ccc(-c3[c-]ccc4c3oc3c5ccccc5ccc43)nc2)nc1)C(C)(C)C.[Ir]. The van der Waals surface area contributed by atoms with Crippen molar-refractivity contribution in [1.82, 2.24) is 15.0 Å². The van der Waals surface area contributed by atoms with Gasteiger partial charge >= 0.3 is 0 Å². The van der Waals surface area contributed by atoms with Crippen LogP contribution in [0.4, 0.5) is 0 Å². The van der Waals surface area contributed by atoms with E-state index in [-0.39, 0.29) is 31.2 Å². The van der Waals surface area contributed by atoms with E-state index in [0.29, 0.717) is 27.9 Å². The summed E-state index contributed by atoms with van der Waals surface area (Å²) in [7, 11) is 0. The van der Waals surface area contributed by atoms with Gasteiger partial charge in [-0.3, -0.25) is 9.97 Å². The molecule has 0 bridgehead atoms. The smallest absolute Gasteiger partial charge is 0.128 e. The molecule has 0 aliphatic rings. The van der Waals surface area contributed by atoms with Crippen LogP contribution in [-0.4, -0.2) is 15.0 Å². The molecule has 0 atom stereocenters. The normalized spacial score (nSPS) is 14.1. The maximum absolute atomic E-state index is 8.47. The van der Waals surface area contributed by atoms with Crippen LogP contribution in [0.5, 0.6) is 0 Å². The summed E-state index contributed by atoms with van der Waals surface area (Å²) in [5, 5.41) is 4.35. The molecule has 0 amide bonds. The van der Waals surface area contributed by atoms with Crippen molar-refractivity contribution in [3.05, 3.63) is 181 Å². The molecular formula is C51H43IrN3O-2. The van der Waals surface area contributed by atoms with Gasteiger partial charge in [0.15, 0.2) is 0 Å². The summed E-state index contributed by atoms with van der Waals surface area (Å²) < 4.78 is 69.3. The number of fused-ring (bicyclic) bond motifs is 5. The Morgan fingerprint density at radius 1 is 0.661 bits per heavy atom. The molecule has 4 aromatic heterocycles. The molecule has 9 aromatic rings. The minimum atomic E-state index is -2.28. The van der Waals surface area contributed by atoms with Gasteiger partial charge in [0.1, 0.15) is 5.58 Å². The zero-order valence-electron chi connectivity index (χ0n) is 39.1. The summed E-state index contributed by atoms with van der Waals surface area (Å²) >= 11 is 0. The first-order valence-corrected chi connectivity index (χ1v) is 18.0. The number of pyridine rings is 3. The first-order chi connectivity index (χ1) is 29.8. The van der Waals surface area contributed by atoms with E-state index in [4.69, 9.17) is 20.4 Å². The van der Waals surface area contributed by atoms with Crippen LogP contribution in [0, 0.1) is 32.1 Å². The molecular weight excluding hydrogens is 863 g/mol. The Hall–Kier alpha value is -5.87. The van der Waals surface area contributed by atoms with E-state index >= 15 is 0 Å². The van der Waals surface area contributed by atoms with Crippen molar-refractivity contribution >= 4 is 32.7 Å². The molecule has 0 aliphatic heterocycles. The third kappa shape index (κ3) is 8.07. The average Bonchev–Trinajstić information content (AvgIpc) is 3.66. The van der Waals surface area contributed by atoms with Crippen molar-refractivity contribution in [1.29, 1.82) is 0 Å². The average molecular weight is 914 g/mol. The van der Waals surface area contributed by atoms with Crippen LogP contribution in [-0.2, 0) is 26.5 Å². The standard InChI is InChI=1S/C31H25N2O.C20H18N.Ir/c1-31(2,3)17-20-11-15-27(32-18-20)22-13-16-28(33-19-22)26-10-6-9-24-25-14-12-21-7-4-5-8-23(21)29(25)34-30(24)26;1-14-9-10-20(21-13-14)19-12-18(15(2)11-16(19)3)17-7-5-4-6-8-17;/h4-9,11-16,18-19H,17H2,1-3H3;4-13H,3H2,1-2H3;/q2*-1;/i17D2;1D3,2D3;. The molecule has 4 heterocycles. The van der Waals surface area contributed by atoms with Crippen LogP contribution < -0.4 is 0 Å². The Kier molecular flexibility index (Phi) is 8.45. The number of nitrogens with zero attached hydrogens (tertiary/aromatic N) is 3. The second-order valence-corrected chi connectivity index (χ2v) is 14.5. The summed E-state index contributed by atoms with van der Waals surface area (Å²) in [5.41, 5.74) is 8.37. The van der Waals surface area contributed by atoms with E-state index in [1.165, 1.54) is 12.3 Å². The Morgan fingerprint density at radius 2 is 1.41 bits per heavy atom. The third-order valence-electron chi connectivity index (χ3n) is 9.29. The quantitative estimate of drug-likeness (QED) is 0.161. The number of benzene rings is 5. The van der Waals surface area contributed by atoms with Crippen LogP contribution in [0.15, 0.2) is 150 Å². The molecule has 0 fully saturated rings. The van der Waals surface area contributed by atoms with E-state index < -0.39 is 25.5 Å². The molecule has 0 saturated carbocycles.